The summed E-state index contributed by atoms with van der Waals surface area (Å²) in [5, 5.41) is 2.86. The van der Waals surface area contributed by atoms with Crippen LogP contribution < -0.4 is 11.1 Å². The summed E-state index contributed by atoms with van der Waals surface area (Å²) in [4.78, 5) is 14.2. The van der Waals surface area contributed by atoms with Gasteiger partial charge in [0.05, 0.1) is 0 Å². The summed E-state index contributed by atoms with van der Waals surface area (Å²) < 4.78 is 13.2. The van der Waals surface area contributed by atoms with Crippen LogP contribution in [0.15, 0.2) is 18.2 Å². The molecule has 19 heavy (non-hydrogen) atoms. The summed E-state index contributed by atoms with van der Waals surface area (Å²) in [5.41, 5.74) is 6.08. The second-order valence-electron chi connectivity index (χ2n) is 5.23. The molecular weight excluding hydrogens is 245 g/mol. The number of carbonyl (C=O) groups is 1. The summed E-state index contributed by atoms with van der Waals surface area (Å²) in [5.74, 6) is -0.236. The van der Waals surface area contributed by atoms with E-state index in [0.29, 0.717) is 12.5 Å². The van der Waals surface area contributed by atoms with Gasteiger partial charge in [0.25, 0.3) is 5.91 Å². The van der Waals surface area contributed by atoms with Gasteiger partial charge in [0.1, 0.15) is 5.82 Å². The molecule has 0 saturated carbocycles. The molecule has 1 saturated heterocycles. The third-order valence-corrected chi connectivity index (χ3v) is 3.57. The topological polar surface area (TPSA) is 58.4 Å². The Labute approximate surface area is 112 Å². The highest BCUT2D eigenvalue weighted by molar-refractivity contribution is 5.95. The van der Waals surface area contributed by atoms with Crippen molar-refractivity contribution < 1.29 is 9.18 Å². The van der Waals surface area contributed by atoms with E-state index in [0.717, 1.165) is 25.9 Å². The third-order valence-electron chi connectivity index (χ3n) is 3.57. The van der Waals surface area contributed by atoms with E-state index in [1.165, 1.54) is 18.2 Å². The Morgan fingerprint density at radius 3 is 2.74 bits per heavy atom. The quantitative estimate of drug-likeness (QED) is 0.814. The van der Waals surface area contributed by atoms with Gasteiger partial charge in [-0.3, -0.25) is 4.79 Å². The number of hydrogen-bond donors (Lipinski definition) is 2. The standard InChI is InChI=1S/C14H20FN3O/c1-18-4-2-10(3-5-18)9-17-14(19)11-6-12(15)8-13(16)7-11/h6-8,10H,2-5,9,16H2,1H3,(H,17,19). The first kappa shape index (κ1) is 13.8. The highest BCUT2D eigenvalue weighted by atomic mass is 19.1. The first-order valence-corrected chi connectivity index (χ1v) is 6.57. The molecule has 1 aromatic carbocycles. The lowest BCUT2D eigenvalue weighted by molar-refractivity contribution is 0.0938. The van der Waals surface area contributed by atoms with Gasteiger partial charge in [0, 0.05) is 17.8 Å². The summed E-state index contributed by atoms with van der Waals surface area (Å²) in [6.45, 7) is 2.77. The van der Waals surface area contributed by atoms with Crippen LogP contribution in [0.25, 0.3) is 0 Å². The fraction of sp³-hybridized carbons (Fsp3) is 0.500. The van der Waals surface area contributed by atoms with Gasteiger partial charge < -0.3 is 16.0 Å². The molecule has 0 atom stereocenters. The van der Waals surface area contributed by atoms with E-state index >= 15 is 0 Å². The predicted molar refractivity (Wildman–Crippen MR) is 73.4 cm³/mol. The van der Waals surface area contributed by atoms with E-state index in [1.807, 2.05) is 0 Å². The SMILES string of the molecule is CN1CCC(CNC(=O)c2cc(N)cc(F)c2)CC1. The van der Waals surface area contributed by atoms with E-state index in [1.54, 1.807) is 0 Å². The van der Waals surface area contributed by atoms with Crippen LogP contribution in [0.5, 0.6) is 0 Å². The predicted octanol–water partition coefficient (Wildman–Crippen LogP) is 1.48. The van der Waals surface area contributed by atoms with Crippen molar-refractivity contribution in [3.05, 3.63) is 29.6 Å². The average molecular weight is 265 g/mol. The molecule has 1 aromatic rings. The first-order chi connectivity index (χ1) is 9.04. The molecule has 0 aromatic heterocycles. The molecule has 1 amide bonds. The van der Waals surface area contributed by atoms with Crippen molar-refractivity contribution in [2.45, 2.75) is 12.8 Å². The zero-order chi connectivity index (χ0) is 13.8. The lowest BCUT2D eigenvalue weighted by Gasteiger charge is -2.28. The smallest absolute Gasteiger partial charge is 0.251 e. The average Bonchev–Trinajstić information content (AvgIpc) is 2.36. The van der Waals surface area contributed by atoms with Crippen LogP contribution in [0.3, 0.4) is 0 Å². The Balaban J connectivity index is 1.87. The lowest BCUT2D eigenvalue weighted by atomic mass is 9.97. The van der Waals surface area contributed by atoms with E-state index in [4.69, 9.17) is 5.73 Å². The van der Waals surface area contributed by atoms with Crippen LogP contribution in [0, 0.1) is 11.7 Å². The maximum absolute atomic E-state index is 13.2. The van der Waals surface area contributed by atoms with Crippen LogP contribution in [0.4, 0.5) is 10.1 Å². The number of nitrogens with one attached hydrogen (secondary N) is 1. The molecule has 0 aliphatic carbocycles. The molecule has 0 bridgehead atoms. The number of benzene rings is 1. The van der Waals surface area contributed by atoms with Gasteiger partial charge in [-0.2, -0.15) is 0 Å². The minimum atomic E-state index is -0.482. The number of likely N-dealkylation sites (tertiary alicyclic amines) is 1. The summed E-state index contributed by atoms with van der Waals surface area (Å²) in [7, 11) is 2.10. The largest absolute Gasteiger partial charge is 0.399 e. The molecule has 1 aliphatic rings. The van der Waals surface area contributed by atoms with E-state index in [-0.39, 0.29) is 17.2 Å². The molecule has 4 nitrogen and oxygen atoms in total. The highest BCUT2D eigenvalue weighted by Gasteiger charge is 2.17. The van der Waals surface area contributed by atoms with Crippen molar-refractivity contribution in [3.63, 3.8) is 0 Å². The van der Waals surface area contributed by atoms with Gasteiger partial charge in [-0.15, -0.1) is 0 Å². The second kappa shape index (κ2) is 6.02. The third kappa shape index (κ3) is 3.92. The highest BCUT2D eigenvalue weighted by Crippen LogP contribution is 2.15. The maximum Gasteiger partial charge on any atom is 0.251 e. The minimum Gasteiger partial charge on any atom is -0.399 e. The van der Waals surface area contributed by atoms with Crippen molar-refractivity contribution >= 4 is 11.6 Å². The fourth-order valence-corrected chi connectivity index (χ4v) is 2.35. The number of nitrogens with zero attached hydrogens (tertiary/aromatic N) is 1. The van der Waals surface area contributed by atoms with Crippen molar-refractivity contribution in [2.75, 3.05) is 32.4 Å². The fourth-order valence-electron chi connectivity index (χ4n) is 2.35. The zero-order valence-electron chi connectivity index (χ0n) is 11.2. The summed E-state index contributed by atoms with van der Waals surface area (Å²) >= 11 is 0. The lowest BCUT2D eigenvalue weighted by Crippen LogP contribution is -2.36. The molecule has 3 N–H and O–H groups in total. The molecular formula is C14H20FN3O. The normalized spacial score (nSPS) is 17.4. The molecule has 1 aliphatic heterocycles. The van der Waals surface area contributed by atoms with Crippen LogP contribution in [0.2, 0.25) is 0 Å². The van der Waals surface area contributed by atoms with Crippen molar-refractivity contribution in [1.82, 2.24) is 10.2 Å². The van der Waals surface area contributed by atoms with Crippen molar-refractivity contribution in [3.8, 4) is 0 Å². The van der Waals surface area contributed by atoms with Gasteiger partial charge in [0.2, 0.25) is 0 Å². The molecule has 0 radical (unpaired) electrons. The summed E-state index contributed by atoms with van der Waals surface area (Å²) in [6, 6.07) is 3.90. The molecule has 0 spiro atoms. The van der Waals surface area contributed by atoms with Gasteiger partial charge in [-0.1, -0.05) is 0 Å². The Hall–Kier alpha value is -1.62. The van der Waals surface area contributed by atoms with Crippen LogP contribution >= 0.6 is 0 Å². The van der Waals surface area contributed by atoms with Gasteiger partial charge in [0.15, 0.2) is 0 Å². The molecule has 2 rings (SSSR count). The number of piperidine rings is 1. The number of amides is 1. The summed E-state index contributed by atoms with van der Waals surface area (Å²) in [6.07, 6.45) is 2.17. The Morgan fingerprint density at radius 2 is 2.11 bits per heavy atom. The van der Waals surface area contributed by atoms with E-state index < -0.39 is 5.82 Å². The number of halogens is 1. The van der Waals surface area contributed by atoms with Crippen molar-refractivity contribution in [1.29, 1.82) is 0 Å². The number of anilines is 1. The second-order valence-corrected chi connectivity index (χ2v) is 5.23. The minimum absolute atomic E-state index is 0.259. The van der Waals surface area contributed by atoms with E-state index in [2.05, 4.69) is 17.3 Å². The monoisotopic (exact) mass is 265 g/mol. The molecule has 1 fully saturated rings. The number of rotatable bonds is 3. The van der Waals surface area contributed by atoms with E-state index in [9.17, 15) is 9.18 Å². The first-order valence-electron chi connectivity index (χ1n) is 6.57. The van der Waals surface area contributed by atoms with Gasteiger partial charge >= 0.3 is 0 Å². The van der Waals surface area contributed by atoms with Gasteiger partial charge in [-0.25, -0.2) is 4.39 Å². The molecule has 0 unspecified atom stereocenters. The van der Waals surface area contributed by atoms with Crippen LogP contribution in [-0.2, 0) is 0 Å². The van der Waals surface area contributed by atoms with Crippen LogP contribution in [-0.4, -0.2) is 37.5 Å². The molecule has 5 heteroatoms. The van der Waals surface area contributed by atoms with Crippen molar-refractivity contribution in [2.24, 2.45) is 5.92 Å². The Kier molecular flexibility index (Phi) is 4.37. The maximum atomic E-state index is 13.2. The van der Waals surface area contributed by atoms with Crippen LogP contribution in [0.1, 0.15) is 23.2 Å². The number of hydrogen-bond acceptors (Lipinski definition) is 3. The molecule has 104 valence electrons. The molecule has 1 heterocycles. The Bertz CT molecular complexity index is 436. The van der Waals surface area contributed by atoms with Gasteiger partial charge in [-0.05, 0) is 57.1 Å². The number of nitrogens with two attached hydrogens (primary N) is 1. The number of carbonyl (C=O) groups excluding carboxylic acids is 1. The number of nitrogen functional groups attached to an aromatic ring is 1. The zero-order valence-corrected chi connectivity index (χ0v) is 11.2. The Morgan fingerprint density at radius 1 is 1.42 bits per heavy atom.